The minimum Gasteiger partial charge on any atom is -0.294 e. The zero-order valence-electron chi connectivity index (χ0n) is 13.8. The number of carbonyl (C=O) groups is 1. The third-order valence-electron chi connectivity index (χ3n) is 3.39. The highest BCUT2D eigenvalue weighted by Crippen LogP contribution is 2.29. The standard InChI is InChI=1S/C19H24OS/c1-7-13(2)9-8-10-14(3)11-12-18-15(4)19(16(5)20)21-17(18)6/h7-12H,1-6H3. The molecule has 0 radical (unpaired) electrons. The normalized spacial score (nSPS) is 13.6. The molecule has 1 aromatic rings. The second-order valence-electron chi connectivity index (χ2n) is 5.22. The van der Waals surface area contributed by atoms with E-state index in [0.717, 1.165) is 10.4 Å². The number of rotatable bonds is 5. The number of hydrogen-bond acceptors (Lipinski definition) is 2. The van der Waals surface area contributed by atoms with E-state index in [1.807, 2.05) is 13.8 Å². The van der Waals surface area contributed by atoms with E-state index >= 15 is 0 Å². The molecule has 1 aromatic heterocycles. The van der Waals surface area contributed by atoms with Crippen molar-refractivity contribution in [3.8, 4) is 0 Å². The molecule has 0 saturated carbocycles. The molecule has 112 valence electrons. The molecule has 0 spiro atoms. The maximum absolute atomic E-state index is 11.6. The van der Waals surface area contributed by atoms with Crippen molar-refractivity contribution in [2.75, 3.05) is 0 Å². The molecular formula is C19H24OS. The average Bonchev–Trinajstić information content (AvgIpc) is 2.71. The zero-order chi connectivity index (χ0) is 16.0. The second-order valence-corrected chi connectivity index (χ2v) is 6.44. The summed E-state index contributed by atoms with van der Waals surface area (Å²) in [6, 6.07) is 0. The van der Waals surface area contributed by atoms with Gasteiger partial charge in [0, 0.05) is 4.88 Å². The Kier molecular flexibility index (Phi) is 6.57. The van der Waals surface area contributed by atoms with Crippen LogP contribution < -0.4 is 0 Å². The van der Waals surface area contributed by atoms with Crippen LogP contribution in [0.25, 0.3) is 6.08 Å². The molecule has 1 rings (SSSR count). The maximum atomic E-state index is 11.6. The summed E-state index contributed by atoms with van der Waals surface area (Å²) in [4.78, 5) is 13.6. The molecule has 0 aliphatic rings. The third kappa shape index (κ3) is 4.98. The molecule has 0 aliphatic carbocycles. The van der Waals surface area contributed by atoms with Gasteiger partial charge in [-0.2, -0.15) is 0 Å². The summed E-state index contributed by atoms with van der Waals surface area (Å²) < 4.78 is 0. The summed E-state index contributed by atoms with van der Waals surface area (Å²) in [5.41, 5.74) is 4.70. The molecule has 0 atom stereocenters. The molecule has 0 unspecified atom stereocenters. The fraction of sp³-hybridized carbons (Fsp3) is 0.316. The number of allylic oxidation sites excluding steroid dienone is 7. The smallest absolute Gasteiger partial charge is 0.170 e. The number of ketones is 1. The van der Waals surface area contributed by atoms with E-state index in [2.05, 4.69) is 57.2 Å². The van der Waals surface area contributed by atoms with E-state index in [9.17, 15) is 4.79 Å². The summed E-state index contributed by atoms with van der Waals surface area (Å²) in [6.45, 7) is 11.9. The average molecular weight is 300 g/mol. The highest BCUT2D eigenvalue weighted by atomic mass is 32.1. The molecule has 0 aromatic carbocycles. The van der Waals surface area contributed by atoms with Crippen molar-refractivity contribution in [2.45, 2.75) is 41.5 Å². The fourth-order valence-corrected chi connectivity index (χ4v) is 3.01. The summed E-state index contributed by atoms with van der Waals surface area (Å²) in [5.74, 6) is 0.150. The molecule has 0 saturated heterocycles. The third-order valence-corrected chi connectivity index (χ3v) is 4.71. The van der Waals surface area contributed by atoms with Crippen molar-refractivity contribution >= 4 is 23.2 Å². The van der Waals surface area contributed by atoms with Gasteiger partial charge in [-0.15, -0.1) is 11.3 Å². The first-order valence-corrected chi connectivity index (χ1v) is 7.95. The van der Waals surface area contributed by atoms with Crippen molar-refractivity contribution in [1.82, 2.24) is 0 Å². The molecule has 0 N–H and O–H groups in total. The van der Waals surface area contributed by atoms with Crippen molar-refractivity contribution in [2.24, 2.45) is 0 Å². The summed E-state index contributed by atoms with van der Waals surface area (Å²) in [6.07, 6.45) is 12.5. The van der Waals surface area contributed by atoms with Gasteiger partial charge in [0.05, 0.1) is 4.88 Å². The van der Waals surface area contributed by atoms with Crippen LogP contribution in [0.1, 0.15) is 53.4 Å². The molecule has 0 amide bonds. The molecule has 0 bridgehead atoms. The predicted octanol–water partition coefficient (Wildman–Crippen LogP) is 6.05. The van der Waals surface area contributed by atoms with E-state index in [1.54, 1.807) is 18.3 Å². The van der Waals surface area contributed by atoms with Gasteiger partial charge in [0.1, 0.15) is 0 Å². The van der Waals surface area contributed by atoms with E-state index < -0.39 is 0 Å². The Bertz CT molecular complexity index is 637. The Hall–Kier alpha value is -1.67. The largest absolute Gasteiger partial charge is 0.294 e. The Balaban J connectivity index is 2.93. The fourth-order valence-electron chi connectivity index (χ4n) is 1.97. The highest BCUT2D eigenvalue weighted by molar-refractivity contribution is 7.14. The van der Waals surface area contributed by atoms with Crippen LogP contribution >= 0.6 is 11.3 Å². The highest BCUT2D eigenvalue weighted by Gasteiger charge is 2.12. The topological polar surface area (TPSA) is 17.1 Å². The predicted molar refractivity (Wildman–Crippen MR) is 95.2 cm³/mol. The quantitative estimate of drug-likeness (QED) is 0.478. The lowest BCUT2D eigenvalue weighted by atomic mass is 10.1. The van der Waals surface area contributed by atoms with E-state index in [0.29, 0.717) is 0 Å². The number of carbonyl (C=O) groups excluding carboxylic acids is 1. The van der Waals surface area contributed by atoms with Crippen molar-refractivity contribution in [3.63, 3.8) is 0 Å². The maximum Gasteiger partial charge on any atom is 0.170 e. The zero-order valence-corrected chi connectivity index (χ0v) is 14.6. The summed E-state index contributed by atoms with van der Waals surface area (Å²) in [5, 5.41) is 0. The Morgan fingerprint density at radius 1 is 1.05 bits per heavy atom. The lowest BCUT2D eigenvalue weighted by Gasteiger charge is -1.96. The van der Waals surface area contributed by atoms with Crippen LogP contribution in [-0.2, 0) is 0 Å². The monoisotopic (exact) mass is 300 g/mol. The number of hydrogen-bond donors (Lipinski definition) is 0. The lowest BCUT2D eigenvalue weighted by molar-refractivity contribution is 0.102. The molecule has 1 heterocycles. The molecule has 21 heavy (non-hydrogen) atoms. The molecular weight excluding hydrogens is 276 g/mol. The minimum absolute atomic E-state index is 0.150. The van der Waals surface area contributed by atoms with Crippen molar-refractivity contribution in [3.05, 3.63) is 62.4 Å². The van der Waals surface area contributed by atoms with Crippen LogP contribution in [0.3, 0.4) is 0 Å². The number of Topliss-reactive ketones (excluding diaryl/α,β-unsaturated/α-hetero) is 1. The minimum atomic E-state index is 0.150. The Morgan fingerprint density at radius 2 is 1.71 bits per heavy atom. The van der Waals surface area contributed by atoms with Gasteiger partial charge in [-0.05, 0) is 52.7 Å². The van der Waals surface area contributed by atoms with Gasteiger partial charge in [0.25, 0.3) is 0 Å². The summed E-state index contributed by atoms with van der Waals surface area (Å²) >= 11 is 1.58. The lowest BCUT2D eigenvalue weighted by Crippen LogP contribution is -1.90. The second kappa shape index (κ2) is 7.94. The Labute approximate surface area is 132 Å². The van der Waals surface area contributed by atoms with Crippen molar-refractivity contribution < 1.29 is 4.79 Å². The van der Waals surface area contributed by atoms with Gasteiger partial charge < -0.3 is 0 Å². The van der Waals surface area contributed by atoms with Crippen LogP contribution in [0, 0.1) is 13.8 Å². The Morgan fingerprint density at radius 3 is 2.24 bits per heavy atom. The van der Waals surface area contributed by atoms with Gasteiger partial charge in [-0.1, -0.05) is 47.6 Å². The van der Waals surface area contributed by atoms with Crippen LogP contribution in [0.4, 0.5) is 0 Å². The van der Waals surface area contributed by atoms with Gasteiger partial charge in [-0.3, -0.25) is 4.79 Å². The molecule has 1 nitrogen and oxygen atoms in total. The van der Waals surface area contributed by atoms with Crippen LogP contribution in [0.5, 0.6) is 0 Å². The van der Waals surface area contributed by atoms with Crippen LogP contribution in [0.2, 0.25) is 0 Å². The number of thiophene rings is 1. The molecule has 0 aliphatic heterocycles. The van der Waals surface area contributed by atoms with Gasteiger partial charge >= 0.3 is 0 Å². The first-order chi connectivity index (χ1) is 9.86. The SMILES string of the molecule is CC=C(C)C=CC=C(C)C=Cc1c(C)sc(C(C)=O)c1C. The van der Waals surface area contributed by atoms with E-state index in [1.165, 1.54) is 21.6 Å². The van der Waals surface area contributed by atoms with Gasteiger partial charge in [-0.25, -0.2) is 0 Å². The first-order valence-electron chi connectivity index (χ1n) is 7.13. The van der Waals surface area contributed by atoms with Crippen LogP contribution in [-0.4, -0.2) is 5.78 Å². The number of aryl methyl sites for hydroxylation is 1. The van der Waals surface area contributed by atoms with Crippen molar-refractivity contribution in [1.29, 1.82) is 0 Å². The van der Waals surface area contributed by atoms with Crippen LogP contribution in [0.15, 0.2) is 41.5 Å². The first kappa shape index (κ1) is 17.4. The van der Waals surface area contributed by atoms with E-state index in [-0.39, 0.29) is 5.78 Å². The molecule has 0 fully saturated rings. The summed E-state index contributed by atoms with van der Waals surface area (Å²) in [7, 11) is 0. The molecule has 2 heteroatoms. The van der Waals surface area contributed by atoms with E-state index in [4.69, 9.17) is 0 Å². The van der Waals surface area contributed by atoms with Gasteiger partial charge in [0.15, 0.2) is 5.78 Å². The van der Waals surface area contributed by atoms with Gasteiger partial charge in [0.2, 0.25) is 0 Å².